The van der Waals surface area contributed by atoms with E-state index in [0.717, 1.165) is 29.4 Å². The summed E-state index contributed by atoms with van der Waals surface area (Å²) in [5, 5.41) is 3.05. The van der Waals surface area contributed by atoms with E-state index in [1.54, 1.807) is 13.1 Å². The molecule has 9 heteroatoms. The number of aromatic nitrogens is 1. The number of thiazole rings is 1. The van der Waals surface area contributed by atoms with E-state index in [0.29, 0.717) is 31.8 Å². The van der Waals surface area contributed by atoms with E-state index in [2.05, 4.69) is 14.9 Å². The first kappa shape index (κ1) is 17.0. The Morgan fingerprint density at radius 3 is 3.00 bits per heavy atom. The second-order valence-electron chi connectivity index (χ2n) is 6.11. The predicted molar refractivity (Wildman–Crippen MR) is 96.6 cm³/mol. The summed E-state index contributed by atoms with van der Waals surface area (Å²) in [5.41, 5.74) is 1.43. The van der Waals surface area contributed by atoms with Gasteiger partial charge in [0.15, 0.2) is 10.8 Å². The highest BCUT2D eigenvalue weighted by atomic mass is 32.2. The molecule has 3 aliphatic rings. The zero-order valence-electron chi connectivity index (χ0n) is 14.0. The molecule has 134 valence electrons. The number of hydrogen-bond donors (Lipinski definition) is 0. The van der Waals surface area contributed by atoms with Gasteiger partial charge in [-0.3, -0.25) is 4.99 Å². The maximum atomic E-state index is 12.6. The lowest BCUT2D eigenvalue weighted by Gasteiger charge is -2.40. The molecule has 25 heavy (non-hydrogen) atoms. The van der Waals surface area contributed by atoms with E-state index in [4.69, 9.17) is 4.74 Å². The molecule has 1 aromatic rings. The molecule has 0 aromatic carbocycles. The van der Waals surface area contributed by atoms with Crippen molar-refractivity contribution in [2.75, 3.05) is 32.8 Å². The van der Waals surface area contributed by atoms with Crippen LogP contribution in [0.4, 0.5) is 0 Å². The van der Waals surface area contributed by atoms with Crippen molar-refractivity contribution in [2.45, 2.75) is 25.0 Å². The molecule has 0 bridgehead atoms. The Morgan fingerprint density at radius 2 is 2.32 bits per heavy atom. The van der Waals surface area contributed by atoms with Crippen molar-refractivity contribution in [1.29, 1.82) is 0 Å². The zero-order valence-corrected chi connectivity index (χ0v) is 15.6. The summed E-state index contributed by atoms with van der Waals surface area (Å²) < 4.78 is 19.8. The van der Waals surface area contributed by atoms with Gasteiger partial charge in [0.1, 0.15) is 5.25 Å². The van der Waals surface area contributed by atoms with Crippen LogP contribution in [0.2, 0.25) is 0 Å². The number of hydrogen-bond acceptors (Lipinski definition) is 8. The fourth-order valence-corrected chi connectivity index (χ4v) is 5.18. The van der Waals surface area contributed by atoms with Crippen LogP contribution in [0, 0.1) is 0 Å². The van der Waals surface area contributed by atoms with Crippen LogP contribution < -0.4 is 0 Å². The van der Waals surface area contributed by atoms with Gasteiger partial charge in [0.2, 0.25) is 0 Å². The molecular weight excluding hydrogens is 360 g/mol. The van der Waals surface area contributed by atoms with Crippen molar-refractivity contribution < 1.29 is 14.1 Å². The summed E-state index contributed by atoms with van der Waals surface area (Å²) in [6.07, 6.45) is 3.82. The third kappa shape index (κ3) is 3.33. The first-order chi connectivity index (χ1) is 12.2. The van der Waals surface area contributed by atoms with E-state index in [1.165, 1.54) is 11.3 Å². The first-order valence-corrected chi connectivity index (χ1v) is 10.5. The molecule has 1 aliphatic carbocycles. The summed E-state index contributed by atoms with van der Waals surface area (Å²) >= 11 is 0.557. The average Bonchev–Trinajstić information content (AvgIpc) is 3.34. The Kier molecular flexibility index (Phi) is 4.81. The number of piperazine rings is 1. The van der Waals surface area contributed by atoms with Crippen LogP contribution in [-0.4, -0.2) is 68.6 Å². The molecule has 3 heterocycles. The third-order valence-corrected chi connectivity index (χ3v) is 7.06. The van der Waals surface area contributed by atoms with Crippen LogP contribution in [0.5, 0.6) is 0 Å². The molecule has 1 aromatic heterocycles. The van der Waals surface area contributed by atoms with Crippen molar-refractivity contribution in [2.24, 2.45) is 4.99 Å². The number of carbonyl (C=O) groups excluding carboxylic acids is 1. The van der Waals surface area contributed by atoms with Crippen LogP contribution in [0.1, 0.15) is 24.8 Å². The monoisotopic (exact) mass is 380 g/mol. The number of ether oxygens (including phenoxy) is 1. The lowest BCUT2D eigenvalue weighted by atomic mass is 10.1. The highest BCUT2D eigenvalue weighted by Gasteiger charge is 2.43. The Bertz CT molecular complexity index is 715. The minimum atomic E-state index is -0.975. The SMILES string of the molecule is CCOC(=O)C1=C2CN([S+]([O-])C3CC3)CCN2C(c2nccs2)=NC1. The largest absolute Gasteiger partial charge is 0.598 e. The number of aliphatic imine (C=N–C) groups is 1. The second-order valence-corrected chi connectivity index (χ2v) is 8.74. The number of rotatable bonds is 5. The van der Waals surface area contributed by atoms with Gasteiger partial charge in [0.25, 0.3) is 0 Å². The fourth-order valence-electron chi connectivity index (χ4n) is 3.05. The molecular formula is C16H20N4O3S2. The topological polar surface area (TPSA) is 81.1 Å². The molecule has 1 atom stereocenters. The summed E-state index contributed by atoms with van der Waals surface area (Å²) in [4.78, 5) is 23.4. The summed E-state index contributed by atoms with van der Waals surface area (Å²) in [5.74, 6) is 0.471. The van der Waals surface area contributed by atoms with Crippen LogP contribution >= 0.6 is 11.3 Å². The number of nitrogens with zero attached hydrogens (tertiary/aromatic N) is 4. The van der Waals surface area contributed by atoms with Gasteiger partial charge in [0.05, 0.1) is 37.5 Å². The molecule has 0 amide bonds. The summed E-state index contributed by atoms with van der Waals surface area (Å²) in [6.45, 7) is 4.23. The Morgan fingerprint density at radius 1 is 1.48 bits per heavy atom. The van der Waals surface area contributed by atoms with Gasteiger partial charge >= 0.3 is 5.97 Å². The van der Waals surface area contributed by atoms with E-state index in [-0.39, 0.29) is 17.8 Å². The predicted octanol–water partition coefficient (Wildman–Crippen LogP) is 1.16. The Labute approximate surface area is 153 Å². The van der Waals surface area contributed by atoms with Gasteiger partial charge in [-0.25, -0.2) is 9.78 Å². The molecule has 0 N–H and O–H groups in total. The number of carbonyl (C=O) groups is 1. The maximum absolute atomic E-state index is 12.6. The molecule has 0 radical (unpaired) electrons. The molecule has 7 nitrogen and oxygen atoms in total. The summed E-state index contributed by atoms with van der Waals surface area (Å²) in [7, 11) is 0. The van der Waals surface area contributed by atoms with Crippen molar-refractivity contribution in [1.82, 2.24) is 14.2 Å². The quantitative estimate of drug-likeness (QED) is 0.563. The lowest BCUT2D eigenvalue weighted by molar-refractivity contribution is -0.138. The Hall–Kier alpha value is -1.42. The molecule has 2 fully saturated rings. The Balaban J connectivity index is 1.63. The number of esters is 1. The minimum absolute atomic E-state index is 0.281. The summed E-state index contributed by atoms with van der Waals surface area (Å²) in [6, 6.07) is 0. The molecule has 1 saturated carbocycles. The maximum Gasteiger partial charge on any atom is 0.337 e. The van der Waals surface area contributed by atoms with Crippen molar-refractivity contribution >= 4 is 34.5 Å². The highest BCUT2D eigenvalue weighted by Crippen LogP contribution is 2.34. The van der Waals surface area contributed by atoms with Gasteiger partial charge in [-0.2, -0.15) is 0 Å². The van der Waals surface area contributed by atoms with Gasteiger partial charge in [-0.05, 0) is 6.92 Å². The standard InChI is InChI=1S/C16H20N4O3S2/c1-2-23-16(21)12-9-18-14(15-17-5-8-24-15)20-7-6-19(10-13(12)20)25(22)11-3-4-11/h5,8,11H,2-4,6-7,9-10H2,1H3. The van der Waals surface area contributed by atoms with Crippen molar-refractivity contribution in [3.8, 4) is 0 Å². The molecule has 1 saturated heterocycles. The van der Waals surface area contributed by atoms with E-state index < -0.39 is 11.4 Å². The highest BCUT2D eigenvalue weighted by molar-refractivity contribution is 7.90. The van der Waals surface area contributed by atoms with Gasteiger partial charge < -0.3 is 14.2 Å². The van der Waals surface area contributed by atoms with E-state index in [1.807, 2.05) is 9.69 Å². The molecule has 2 aliphatic heterocycles. The lowest BCUT2D eigenvalue weighted by Crippen LogP contribution is -2.52. The van der Waals surface area contributed by atoms with Gasteiger partial charge in [-0.15, -0.1) is 15.6 Å². The number of fused-ring (bicyclic) bond motifs is 1. The molecule has 4 rings (SSSR count). The third-order valence-electron chi connectivity index (χ3n) is 4.43. The van der Waals surface area contributed by atoms with E-state index >= 15 is 0 Å². The van der Waals surface area contributed by atoms with Crippen LogP contribution in [-0.2, 0) is 20.9 Å². The number of amidine groups is 1. The van der Waals surface area contributed by atoms with Crippen LogP contribution in [0.25, 0.3) is 0 Å². The second kappa shape index (κ2) is 7.06. The molecule has 1 unspecified atom stereocenters. The smallest absolute Gasteiger partial charge is 0.337 e. The van der Waals surface area contributed by atoms with Gasteiger partial charge in [-0.1, -0.05) is 0 Å². The fraction of sp³-hybridized carbons (Fsp3) is 0.562. The average molecular weight is 380 g/mol. The van der Waals surface area contributed by atoms with Crippen molar-refractivity contribution in [3.05, 3.63) is 27.9 Å². The normalized spacial score (nSPS) is 22.5. The van der Waals surface area contributed by atoms with Crippen molar-refractivity contribution in [3.63, 3.8) is 0 Å². The first-order valence-electron chi connectivity index (χ1n) is 8.45. The van der Waals surface area contributed by atoms with E-state index in [9.17, 15) is 9.35 Å². The van der Waals surface area contributed by atoms with Gasteiger partial charge in [0, 0.05) is 42.3 Å². The zero-order chi connectivity index (χ0) is 17.4. The van der Waals surface area contributed by atoms with Crippen LogP contribution in [0.15, 0.2) is 27.8 Å². The molecule has 0 spiro atoms. The van der Waals surface area contributed by atoms with Crippen LogP contribution in [0.3, 0.4) is 0 Å². The minimum Gasteiger partial charge on any atom is -0.598 e.